The second kappa shape index (κ2) is 16.5. The molecular formula is C64H54N2O. The number of hydrogen-bond donors (Lipinski definition) is 0. The molecule has 0 saturated heterocycles. The lowest BCUT2D eigenvalue weighted by Crippen LogP contribution is -2.13. The number of anilines is 6. The predicted octanol–water partition coefficient (Wildman–Crippen LogP) is 18.8. The minimum atomic E-state index is 0.0500. The zero-order valence-corrected chi connectivity index (χ0v) is 39.1. The van der Waals surface area contributed by atoms with Crippen LogP contribution in [0.3, 0.4) is 0 Å². The fourth-order valence-corrected chi connectivity index (χ4v) is 9.65. The topological polar surface area (TPSA) is 19.6 Å². The van der Waals surface area contributed by atoms with Gasteiger partial charge in [-0.25, -0.2) is 0 Å². The maximum Gasteiger partial charge on any atom is 0.136 e. The highest BCUT2D eigenvalue weighted by molar-refractivity contribution is 6.14. The van der Waals surface area contributed by atoms with Crippen molar-refractivity contribution < 1.29 is 4.42 Å². The number of benzene rings is 10. The van der Waals surface area contributed by atoms with Gasteiger partial charge in [0.2, 0.25) is 0 Å². The summed E-state index contributed by atoms with van der Waals surface area (Å²) < 4.78 is 6.82. The van der Waals surface area contributed by atoms with Gasteiger partial charge in [-0.3, -0.25) is 0 Å². The molecule has 10 aromatic carbocycles. The van der Waals surface area contributed by atoms with Gasteiger partial charge >= 0.3 is 0 Å². The molecule has 326 valence electrons. The van der Waals surface area contributed by atoms with Gasteiger partial charge < -0.3 is 14.2 Å². The second-order valence-electron chi connectivity index (χ2n) is 19.9. The van der Waals surface area contributed by atoms with Gasteiger partial charge in [0.15, 0.2) is 0 Å². The molecule has 0 atom stereocenters. The van der Waals surface area contributed by atoms with Crippen LogP contribution in [0.2, 0.25) is 0 Å². The summed E-state index contributed by atoms with van der Waals surface area (Å²) in [5.41, 5.74) is 15.8. The molecule has 0 spiro atoms. The highest BCUT2D eigenvalue weighted by Gasteiger charge is 2.22. The molecule has 0 N–H and O–H groups in total. The van der Waals surface area contributed by atoms with Crippen molar-refractivity contribution in [2.45, 2.75) is 52.4 Å². The summed E-state index contributed by atoms with van der Waals surface area (Å²) in [6, 6.07) is 79.6. The monoisotopic (exact) mass is 866 g/mol. The molecule has 67 heavy (non-hydrogen) atoms. The van der Waals surface area contributed by atoms with Crippen molar-refractivity contribution in [3.63, 3.8) is 0 Å². The fraction of sp³-hybridized carbons (Fsp3) is 0.125. The first-order chi connectivity index (χ1) is 32.5. The molecule has 0 aliphatic carbocycles. The highest BCUT2D eigenvalue weighted by Crippen LogP contribution is 2.45. The molecule has 0 fully saturated rings. The van der Waals surface area contributed by atoms with Crippen LogP contribution >= 0.6 is 0 Å². The van der Waals surface area contributed by atoms with E-state index in [1.165, 1.54) is 44.2 Å². The lowest BCUT2D eigenvalue weighted by atomic mass is 9.87. The predicted molar refractivity (Wildman–Crippen MR) is 286 cm³/mol. The van der Waals surface area contributed by atoms with Crippen molar-refractivity contribution in [3.05, 3.63) is 230 Å². The van der Waals surface area contributed by atoms with Crippen LogP contribution in [0.25, 0.3) is 65.7 Å². The van der Waals surface area contributed by atoms with E-state index in [4.69, 9.17) is 4.42 Å². The number of rotatable bonds is 8. The van der Waals surface area contributed by atoms with E-state index in [0.717, 1.165) is 66.8 Å². The SMILES string of the molecule is CC(C)(C)c1ccc(N(c2ccc3cc4c(cc3c2)oc2cc3cc(N(c5ccc(C(C)(C)C)cc5)c5ccccc5-c5ccccc5)ccc3cc24)c2ccccc2-c2ccccc2)cc1. The van der Waals surface area contributed by atoms with E-state index in [9.17, 15) is 0 Å². The smallest absolute Gasteiger partial charge is 0.136 e. The minimum Gasteiger partial charge on any atom is -0.456 e. The van der Waals surface area contributed by atoms with Gasteiger partial charge in [-0.1, -0.05) is 175 Å². The Morgan fingerprint density at radius 1 is 0.313 bits per heavy atom. The summed E-state index contributed by atoms with van der Waals surface area (Å²) >= 11 is 0. The standard InChI is InChI=1S/C64H54N2O/c1-63(2,3)49-27-33-51(34-28-49)65(59-23-15-13-21-55(59)43-17-9-7-10-18-43)53-31-25-45-39-57-58-40-46-26-32-54(38-48(46)42-62(58)67-61(57)41-47(45)37-53)66(52-35-29-50(30-36-52)64(4,5)6)60-24-16-14-22-56(60)44-19-11-8-12-20-44/h7-42H,1-6H3. The molecular weight excluding hydrogens is 813 g/mol. The number of nitrogens with zero attached hydrogens (tertiary/aromatic N) is 2. The van der Waals surface area contributed by atoms with E-state index < -0.39 is 0 Å². The summed E-state index contributed by atoms with van der Waals surface area (Å²) in [6.45, 7) is 13.6. The average molecular weight is 867 g/mol. The normalized spacial score (nSPS) is 12.0. The van der Waals surface area contributed by atoms with E-state index in [1.807, 2.05) is 0 Å². The first-order valence-electron chi connectivity index (χ1n) is 23.4. The lowest BCUT2D eigenvalue weighted by molar-refractivity contribution is 0.590. The quantitative estimate of drug-likeness (QED) is 0.152. The van der Waals surface area contributed by atoms with Crippen LogP contribution in [0.1, 0.15) is 52.7 Å². The first-order valence-corrected chi connectivity index (χ1v) is 23.4. The van der Waals surface area contributed by atoms with Crippen molar-refractivity contribution in [2.24, 2.45) is 0 Å². The fourth-order valence-electron chi connectivity index (χ4n) is 9.65. The highest BCUT2D eigenvalue weighted by atomic mass is 16.3. The van der Waals surface area contributed by atoms with Crippen LogP contribution in [-0.4, -0.2) is 0 Å². The Labute approximate surface area is 394 Å². The van der Waals surface area contributed by atoms with Crippen LogP contribution in [0, 0.1) is 0 Å². The van der Waals surface area contributed by atoms with Crippen LogP contribution < -0.4 is 9.80 Å². The molecule has 0 aliphatic heterocycles. The number of furan rings is 1. The Morgan fingerprint density at radius 2 is 0.672 bits per heavy atom. The van der Waals surface area contributed by atoms with E-state index in [-0.39, 0.29) is 10.8 Å². The van der Waals surface area contributed by atoms with E-state index >= 15 is 0 Å². The summed E-state index contributed by atoms with van der Waals surface area (Å²) in [7, 11) is 0. The van der Waals surface area contributed by atoms with E-state index in [2.05, 4.69) is 270 Å². The van der Waals surface area contributed by atoms with Crippen LogP contribution in [0.5, 0.6) is 0 Å². The molecule has 1 heterocycles. The molecule has 0 saturated carbocycles. The van der Waals surface area contributed by atoms with Crippen LogP contribution in [0.4, 0.5) is 34.1 Å². The molecule has 0 bridgehead atoms. The Balaban J connectivity index is 1.02. The molecule has 3 heteroatoms. The van der Waals surface area contributed by atoms with Gasteiger partial charge in [0.05, 0.1) is 11.4 Å². The molecule has 0 amide bonds. The molecule has 11 rings (SSSR count). The van der Waals surface area contributed by atoms with Gasteiger partial charge in [-0.15, -0.1) is 0 Å². The summed E-state index contributed by atoms with van der Waals surface area (Å²) in [5.74, 6) is 0. The largest absolute Gasteiger partial charge is 0.456 e. The third-order valence-corrected chi connectivity index (χ3v) is 13.3. The summed E-state index contributed by atoms with van der Waals surface area (Å²) in [4.78, 5) is 4.78. The molecule has 0 aliphatic rings. The molecule has 11 aromatic rings. The van der Waals surface area contributed by atoms with Gasteiger partial charge in [0.1, 0.15) is 11.2 Å². The van der Waals surface area contributed by atoms with Gasteiger partial charge in [0, 0.05) is 44.6 Å². The van der Waals surface area contributed by atoms with Crippen molar-refractivity contribution in [1.29, 1.82) is 0 Å². The Hall–Kier alpha value is -7.88. The zero-order chi connectivity index (χ0) is 45.9. The van der Waals surface area contributed by atoms with Gasteiger partial charge in [-0.2, -0.15) is 0 Å². The number of hydrogen-bond acceptors (Lipinski definition) is 3. The maximum absolute atomic E-state index is 6.82. The lowest BCUT2D eigenvalue weighted by Gasteiger charge is -2.29. The average Bonchev–Trinajstić information content (AvgIpc) is 3.69. The number of fused-ring (bicyclic) bond motifs is 5. The van der Waals surface area contributed by atoms with Gasteiger partial charge in [-0.05, 0) is 140 Å². The van der Waals surface area contributed by atoms with Crippen LogP contribution in [-0.2, 0) is 10.8 Å². The minimum absolute atomic E-state index is 0.0500. The first kappa shape index (κ1) is 41.8. The van der Waals surface area contributed by atoms with Crippen LogP contribution in [0.15, 0.2) is 223 Å². The maximum atomic E-state index is 6.82. The molecule has 1 aromatic heterocycles. The van der Waals surface area contributed by atoms with Crippen molar-refractivity contribution in [3.8, 4) is 22.3 Å². The summed E-state index contributed by atoms with van der Waals surface area (Å²) in [5, 5.41) is 6.80. The third-order valence-electron chi connectivity index (χ3n) is 13.3. The third kappa shape index (κ3) is 7.91. The summed E-state index contributed by atoms with van der Waals surface area (Å²) in [6.07, 6.45) is 0. The Morgan fingerprint density at radius 3 is 1.06 bits per heavy atom. The van der Waals surface area contributed by atoms with E-state index in [0.29, 0.717) is 0 Å². The second-order valence-corrected chi connectivity index (χ2v) is 19.9. The van der Waals surface area contributed by atoms with Crippen molar-refractivity contribution in [2.75, 3.05) is 9.80 Å². The van der Waals surface area contributed by atoms with Gasteiger partial charge in [0.25, 0.3) is 0 Å². The van der Waals surface area contributed by atoms with E-state index in [1.54, 1.807) is 0 Å². The molecule has 0 radical (unpaired) electrons. The van der Waals surface area contributed by atoms with Crippen molar-refractivity contribution in [1.82, 2.24) is 0 Å². The Bertz CT molecular complexity index is 3340. The van der Waals surface area contributed by atoms with Crippen molar-refractivity contribution >= 4 is 77.6 Å². The zero-order valence-electron chi connectivity index (χ0n) is 39.1. The molecule has 0 unspecified atom stereocenters. The Kier molecular flexibility index (Phi) is 10.3. The molecule has 3 nitrogen and oxygen atoms in total. The number of para-hydroxylation sites is 2.